The Labute approximate surface area is 128 Å². The molecule has 0 aromatic heterocycles. The molecule has 0 saturated heterocycles. The van der Waals surface area contributed by atoms with Crippen LogP contribution in [0.4, 0.5) is 0 Å². The van der Waals surface area contributed by atoms with Gasteiger partial charge in [-0.25, -0.2) is 0 Å². The van der Waals surface area contributed by atoms with Crippen molar-refractivity contribution in [1.82, 2.24) is 5.32 Å². The number of methoxy groups -OCH3 is 1. The van der Waals surface area contributed by atoms with Crippen molar-refractivity contribution in [2.24, 2.45) is 11.3 Å². The predicted molar refractivity (Wildman–Crippen MR) is 90.3 cm³/mol. The molecule has 0 rings (SSSR count). The molecule has 0 amide bonds. The highest BCUT2D eigenvalue weighted by Crippen LogP contribution is 2.28. The summed E-state index contributed by atoms with van der Waals surface area (Å²) in [4.78, 5) is 0. The van der Waals surface area contributed by atoms with Gasteiger partial charge in [-0.1, -0.05) is 34.6 Å². The van der Waals surface area contributed by atoms with Crippen LogP contribution in [0.25, 0.3) is 0 Å². The summed E-state index contributed by atoms with van der Waals surface area (Å²) < 4.78 is 5.55. The first-order chi connectivity index (χ1) is 9.09. The topological polar surface area (TPSA) is 21.3 Å². The van der Waals surface area contributed by atoms with E-state index in [9.17, 15) is 0 Å². The second-order valence-corrected chi connectivity index (χ2v) is 8.26. The van der Waals surface area contributed by atoms with Gasteiger partial charge in [0, 0.05) is 13.2 Å². The zero-order chi connectivity index (χ0) is 15.8. The summed E-state index contributed by atoms with van der Waals surface area (Å²) >= 11 is 0. The van der Waals surface area contributed by atoms with Gasteiger partial charge in [0.2, 0.25) is 0 Å². The van der Waals surface area contributed by atoms with Crippen molar-refractivity contribution < 1.29 is 4.74 Å². The van der Waals surface area contributed by atoms with Gasteiger partial charge in [-0.05, 0) is 63.8 Å². The lowest BCUT2D eigenvalue weighted by molar-refractivity contribution is 0.0110. The molecule has 2 heteroatoms. The Morgan fingerprint density at radius 3 is 2.15 bits per heavy atom. The Bertz CT molecular complexity index is 242. The molecule has 2 atom stereocenters. The molecule has 0 spiro atoms. The van der Waals surface area contributed by atoms with E-state index in [0.29, 0.717) is 11.5 Å². The van der Waals surface area contributed by atoms with Crippen LogP contribution < -0.4 is 5.32 Å². The lowest BCUT2D eigenvalue weighted by atomic mass is 9.82. The van der Waals surface area contributed by atoms with E-state index < -0.39 is 0 Å². The van der Waals surface area contributed by atoms with Crippen LogP contribution >= 0.6 is 0 Å². The number of hydrogen-bond donors (Lipinski definition) is 1. The van der Waals surface area contributed by atoms with Gasteiger partial charge in [0.15, 0.2) is 0 Å². The van der Waals surface area contributed by atoms with E-state index >= 15 is 0 Å². The molecule has 0 aromatic rings. The van der Waals surface area contributed by atoms with E-state index in [1.165, 1.54) is 25.7 Å². The fraction of sp³-hybridized carbons (Fsp3) is 1.00. The summed E-state index contributed by atoms with van der Waals surface area (Å²) in [7, 11) is 1.82. The van der Waals surface area contributed by atoms with Gasteiger partial charge in [-0.2, -0.15) is 0 Å². The lowest BCUT2D eigenvalue weighted by Crippen LogP contribution is -2.34. The first kappa shape index (κ1) is 19.9. The van der Waals surface area contributed by atoms with Gasteiger partial charge in [0.1, 0.15) is 0 Å². The molecule has 0 saturated carbocycles. The first-order valence-corrected chi connectivity index (χ1v) is 8.38. The predicted octanol–water partition coefficient (Wildman–Crippen LogP) is 5.02. The minimum Gasteiger partial charge on any atom is -0.379 e. The summed E-state index contributed by atoms with van der Waals surface area (Å²) in [5.41, 5.74) is 0.430. The smallest absolute Gasteiger partial charge is 0.0623 e. The van der Waals surface area contributed by atoms with E-state index in [1.807, 2.05) is 7.11 Å². The zero-order valence-electron chi connectivity index (χ0n) is 15.3. The van der Waals surface area contributed by atoms with Crippen LogP contribution in [0.2, 0.25) is 0 Å². The van der Waals surface area contributed by atoms with Crippen molar-refractivity contribution in [3.05, 3.63) is 0 Å². The minimum absolute atomic E-state index is 0.000585. The number of nitrogens with one attached hydrogen (secondary N) is 1. The van der Waals surface area contributed by atoms with Crippen molar-refractivity contribution in [3.63, 3.8) is 0 Å². The molecule has 0 radical (unpaired) electrons. The van der Waals surface area contributed by atoms with Gasteiger partial charge < -0.3 is 10.1 Å². The fourth-order valence-corrected chi connectivity index (χ4v) is 2.89. The van der Waals surface area contributed by atoms with Crippen LogP contribution in [0.1, 0.15) is 80.6 Å². The summed E-state index contributed by atoms with van der Waals surface area (Å²) in [5, 5.41) is 3.73. The molecule has 0 heterocycles. The van der Waals surface area contributed by atoms with E-state index in [4.69, 9.17) is 4.74 Å². The minimum atomic E-state index is -0.000585. The molecule has 0 aliphatic rings. The van der Waals surface area contributed by atoms with Crippen molar-refractivity contribution in [1.29, 1.82) is 0 Å². The monoisotopic (exact) mass is 285 g/mol. The highest BCUT2D eigenvalue weighted by Gasteiger charge is 2.22. The molecular weight excluding hydrogens is 246 g/mol. The van der Waals surface area contributed by atoms with Gasteiger partial charge in [-0.3, -0.25) is 0 Å². The third-order valence-corrected chi connectivity index (χ3v) is 3.98. The average molecular weight is 286 g/mol. The van der Waals surface area contributed by atoms with E-state index in [0.717, 1.165) is 18.9 Å². The van der Waals surface area contributed by atoms with Gasteiger partial charge >= 0.3 is 0 Å². The Kier molecular flexibility index (Phi) is 9.01. The highest BCUT2D eigenvalue weighted by atomic mass is 16.5. The molecule has 122 valence electrons. The van der Waals surface area contributed by atoms with Crippen LogP contribution in [-0.2, 0) is 4.74 Å². The Balaban J connectivity index is 4.33. The molecular formula is C18H39NO. The molecule has 0 aromatic carbocycles. The molecule has 0 bridgehead atoms. The summed E-state index contributed by atoms with van der Waals surface area (Å²) in [5.74, 6) is 0.773. The summed E-state index contributed by atoms with van der Waals surface area (Å²) in [6, 6.07) is 0.627. The average Bonchev–Trinajstić information content (AvgIpc) is 2.30. The third kappa shape index (κ3) is 10.7. The van der Waals surface area contributed by atoms with E-state index in [-0.39, 0.29) is 5.60 Å². The molecule has 2 nitrogen and oxygen atoms in total. The van der Waals surface area contributed by atoms with E-state index in [2.05, 4.69) is 53.8 Å². The van der Waals surface area contributed by atoms with Crippen LogP contribution in [0.3, 0.4) is 0 Å². The van der Waals surface area contributed by atoms with Gasteiger partial charge in [0.25, 0.3) is 0 Å². The normalized spacial score (nSPS) is 16.2. The summed E-state index contributed by atoms with van der Waals surface area (Å²) in [6.45, 7) is 17.1. The first-order valence-electron chi connectivity index (χ1n) is 8.38. The maximum atomic E-state index is 5.55. The summed E-state index contributed by atoms with van der Waals surface area (Å²) in [6.07, 6.45) is 6.10. The Hall–Kier alpha value is -0.0800. The van der Waals surface area contributed by atoms with Crippen molar-refractivity contribution in [3.8, 4) is 0 Å². The largest absolute Gasteiger partial charge is 0.379 e. The second-order valence-electron chi connectivity index (χ2n) is 8.26. The van der Waals surface area contributed by atoms with Crippen LogP contribution in [0, 0.1) is 11.3 Å². The highest BCUT2D eigenvalue weighted by molar-refractivity contribution is 4.77. The lowest BCUT2D eigenvalue weighted by Gasteiger charge is -2.30. The standard InChI is InChI=1S/C18H39NO/c1-9-12-19-16(10-11-18(6,7)20-8)13-15(2)14-17(3,4)5/h15-16,19H,9-14H2,1-8H3. The molecule has 0 aliphatic carbocycles. The molecule has 0 fully saturated rings. The zero-order valence-corrected chi connectivity index (χ0v) is 15.3. The number of hydrogen-bond acceptors (Lipinski definition) is 2. The number of rotatable bonds is 10. The Morgan fingerprint density at radius 1 is 1.10 bits per heavy atom. The third-order valence-electron chi connectivity index (χ3n) is 3.98. The maximum Gasteiger partial charge on any atom is 0.0623 e. The maximum absolute atomic E-state index is 5.55. The second kappa shape index (κ2) is 9.04. The molecule has 1 N–H and O–H groups in total. The molecule has 20 heavy (non-hydrogen) atoms. The van der Waals surface area contributed by atoms with Crippen molar-refractivity contribution in [2.45, 2.75) is 92.2 Å². The molecule has 2 unspecified atom stereocenters. The fourth-order valence-electron chi connectivity index (χ4n) is 2.89. The molecule has 0 aliphatic heterocycles. The SMILES string of the molecule is CCCNC(CCC(C)(C)OC)CC(C)CC(C)(C)C. The van der Waals surface area contributed by atoms with Crippen LogP contribution in [0.15, 0.2) is 0 Å². The van der Waals surface area contributed by atoms with Gasteiger partial charge in [0.05, 0.1) is 5.60 Å². The van der Waals surface area contributed by atoms with Gasteiger partial charge in [-0.15, -0.1) is 0 Å². The van der Waals surface area contributed by atoms with Crippen molar-refractivity contribution in [2.75, 3.05) is 13.7 Å². The number of ether oxygens (including phenoxy) is 1. The van der Waals surface area contributed by atoms with Crippen LogP contribution in [0.5, 0.6) is 0 Å². The quantitative estimate of drug-likeness (QED) is 0.608. The van der Waals surface area contributed by atoms with Crippen molar-refractivity contribution >= 4 is 0 Å². The van der Waals surface area contributed by atoms with Crippen LogP contribution in [-0.4, -0.2) is 25.3 Å². The Morgan fingerprint density at radius 2 is 1.70 bits per heavy atom. The van der Waals surface area contributed by atoms with E-state index in [1.54, 1.807) is 0 Å².